The van der Waals surface area contributed by atoms with Gasteiger partial charge in [-0.2, -0.15) is 5.26 Å². The normalized spacial score (nSPS) is 10.6. The lowest BCUT2D eigenvalue weighted by atomic mass is 10.2. The van der Waals surface area contributed by atoms with Crippen LogP contribution in [0.1, 0.15) is 34.1 Å². The Morgan fingerprint density at radius 2 is 2.00 bits per heavy atom. The van der Waals surface area contributed by atoms with Crippen molar-refractivity contribution in [3.63, 3.8) is 0 Å². The Hall–Kier alpha value is -1.08. The van der Waals surface area contributed by atoms with Gasteiger partial charge in [0.25, 0.3) is 0 Å². The minimum Gasteiger partial charge on any atom is -0.340 e. The zero-order chi connectivity index (χ0) is 12.6. The Morgan fingerprint density at radius 3 is 2.44 bits per heavy atom. The van der Waals surface area contributed by atoms with Gasteiger partial charge in [-0.15, -0.1) is 0 Å². The molecule has 0 aliphatic carbocycles. The molecule has 0 radical (unpaired) electrons. The van der Waals surface area contributed by atoms with Crippen molar-refractivity contribution < 1.29 is 4.79 Å². The number of hydrogen-bond donors (Lipinski definition) is 1. The highest BCUT2D eigenvalue weighted by molar-refractivity contribution is 5.78. The monoisotopic (exact) mass is 225 g/mol. The molecule has 0 heterocycles. The molecular weight excluding hydrogens is 202 g/mol. The zero-order valence-electron chi connectivity index (χ0n) is 10.8. The number of rotatable bonds is 7. The fourth-order valence-corrected chi connectivity index (χ4v) is 1.35. The minimum atomic E-state index is 0.0812. The van der Waals surface area contributed by atoms with E-state index in [-0.39, 0.29) is 5.91 Å². The van der Waals surface area contributed by atoms with Crippen molar-refractivity contribution in [3.05, 3.63) is 0 Å². The Morgan fingerprint density at radius 1 is 1.38 bits per heavy atom. The summed E-state index contributed by atoms with van der Waals surface area (Å²) in [6.45, 7) is 9.78. The van der Waals surface area contributed by atoms with E-state index in [9.17, 15) is 4.79 Å². The summed E-state index contributed by atoms with van der Waals surface area (Å²) >= 11 is 0. The Kier molecular flexibility index (Phi) is 7.57. The molecule has 0 saturated carbocycles. The van der Waals surface area contributed by atoms with Gasteiger partial charge < -0.3 is 10.2 Å². The van der Waals surface area contributed by atoms with E-state index < -0.39 is 0 Å². The predicted molar refractivity (Wildman–Crippen MR) is 64.8 cm³/mol. The Labute approximate surface area is 98.6 Å². The van der Waals surface area contributed by atoms with Gasteiger partial charge in [0, 0.05) is 19.1 Å². The number of nitrogens with zero attached hydrogens (tertiary/aromatic N) is 2. The molecule has 0 aromatic heterocycles. The molecule has 0 rings (SSSR count). The Balaban J connectivity index is 4.15. The van der Waals surface area contributed by atoms with Crippen LogP contribution in [0.25, 0.3) is 0 Å². The van der Waals surface area contributed by atoms with E-state index in [2.05, 4.69) is 25.2 Å². The topological polar surface area (TPSA) is 56.1 Å². The van der Waals surface area contributed by atoms with Crippen LogP contribution in [0.5, 0.6) is 0 Å². The lowest BCUT2D eigenvalue weighted by Crippen LogP contribution is -2.42. The maximum atomic E-state index is 11.8. The fourth-order valence-electron chi connectivity index (χ4n) is 1.35. The van der Waals surface area contributed by atoms with Gasteiger partial charge in [0.1, 0.15) is 0 Å². The number of nitriles is 1. The first kappa shape index (κ1) is 14.9. The highest BCUT2D eigenvalue weighted by atomic mass is 16.2. The van der Waals surface area contributed by atoms with E-state index in [1.165, 1.54) is 0 Å². The lowest BCUT2D eigenvalue weighted by molar-refractivity contribution is -0.130. The standard InChI is InChI=1S/C12H23N3O/c1-10(2)9-15(7-5-6-13)12(16)8-14-11(3)4/h10-11,14H,5,7-9H2,1-4H3. The average molecular weight is 225 g/mol. The van der Waals surface area contributed by atoms with Gasteiger partial charge in [-0.25, -0.2) is 0 Å². The first-order valence-electron chi connectivity index (χ1n) is 5.85. The van der Waals surface area contributed by atoms with Crippen molar-refractivity contribution in [1.29, 1.82) is 5.26 Å². The Bertz CT molecular complexity index is 243. The molecule has 4 heteroatoms. The summed E-state index contributed by atoms with van der Waals surface area (Å²) in [6.07, 6.45) is 0.403. The molecule has 0 fully saturated rings. The van der Waals surface area contributed by atoms with Crippen molar-refractivity contribution in [1.82, 2.24) is 10.2 Å². The largest absolute Gasteiger partial charge is 0.340 e. The molecule has 92 valence electrons. The van der Waals surface area contributed by atoms with Crippen LogP contribution in [0.3, 0.4) is 0 Å². The van der Waals surface area contributed by atoms with E-state index in [0.717, 1.165) is 6.54 Å². The molecule has 4 nitrogen and oxygen atoms in total. The van der Waals surface area contributed by atoms with Crippen molar-refractivity contribution in [2.24, 2.45) is 5.92 Å². The number of amides is 1. The summed E-state index contributed by atoms with van der Waals surface area (Å²) in [5.74, 6) is 0.513. The molecule has 16 heavy (non-hydrogen) atoms. The molecule has 1 amide bonds. The summed E-state index contributed by atoms with van der Waals surface area (Å²) in [5.41, 5.74) is 0. The van der Waals surface area contributed by atoms with E-state index in [0.29, 0.717) is 31.5 Å². The van der Waals surface area contributed by atoms with Crippen LogP contribution in [0.2, 0.25) is 0 Å². The molecule has 0 bridgehead atoms. The molecule has 0 aromatic rings. The lowest BCUT2D eigenvalue weighted by Gasteiger charge is -2.24. The average Bonchev–Trinajstić information content (AvgIpc) is 2.20. The third kappa shape index (κ3) is 7.24. The van der Waals surface area contributed by atoms with Gasteiger partial charge in [0.05, 0.1) is 19.0 Å². The van der Waals surface area contributed by atoms with Crippen molar-refractivity contribution in [2.45, 2.75) is 40.2 Å². The molecule has 0 spiro atoms. The minimum absolute atomic E-state index is 0.0812. The van der Waals surface area contributed by atoms with Crippen molar-refractivity contribution in [3.8, 4) is 6.07 Å². The predicted octanol–water partition coefficient (Wildman–Crippen LogP) is 1.38. The highest BCUT2D eigenvalue weighted by Crippen LogP contribution is 2.00. The fraction of sp³-hybridized carbons (Fsp3) is 0.833. The maximum absolute atomic E-state index is 11.8. The molecule has 0 atom stereocenters. The van der Waals surface area contributed by atoms with Crippen LogP contribution in [-0.4, -0.2) is 36.5 Å². The van der Waals surface area contributed by atoms with E-state index in [1.807, 2.05) is 13.8 Å². The summed E-state index contributed by atoms with van der Waals surface area (Å²) in [7, 11) is 0. The molecule has 0 aliphatic rings. The van der Waals surface area contributed by atoms with Crippen LogP contribution in [0.4, 0.5) is 0 Å². The number of carbonyl (C=O) groups is 1. The second-order valence-corrected chi connectivity index (χ2v) is 4.68. The maximum Gasteiger partial charge on any atom is 0.236 e. The van der Waals surface area contributed by atoms with Crippen LogP contribution in [0.15, 0.2) is 0 Å². The van der Waals surface area contributed by atoms with Crippen molar-refractivity contribution in [2.75, 3.05) is 19.6 Å². The van der Waals surface area contributed by atoms with Crippen LogP contribution >= 0.6 is 0 Å². The SMILES string of the molecule is CC(C)CN(CCC#N)C(=O)CNC(C)C. The summed E-state index contributed by atoms with van der Waals surface area (Å²) in [6, 6.07) is 2.38. The highest BCUT2D eigenvalue weighted by Gasteiger charge is 2.14. The van der Waals surface area contributed by atoms with Gasteiger partial charge in [0.2, 0.25) is 5.91 Å². The number of hydrogen-bond acceptors (Lipinski definition) is 3. The number of nitrogens with one attached hydrogen (secondary N) is 1. The third-order valence-corrected chi connectivity index (χ3v) is 2.09. The van der Waals surface area contributed by atoms with E-state index in [4.69, 9.17) is 5.26 Å². The summed E-state index contributed by atoms with van der Waals surface area (Å²) < 4.78 is 0. The van der Waals surface area contributed by atoms with Crippen LogP contribution < -0.4 is 5.32 Å². The third-order valence-electron chi connectivity index (χ3n) is 2.09. The smallest absolute Gasteiger partial charge is 0.236 e. The van der Waals surface area contributed by atoms with Crippen molar-refractivity contribution >= 4 is 5.91 Å². The van der Waals surface area contributed by atoms with Crippen LogP contribution in [-0.2, 0) is 4.79 Å². The van der Waals surface area contributed by atoms with Crippen LogP contribution in [0, 0.1) is 17.2 Å². The number of carbonyl (C=O) groups excluding carboxylic acids is 1. The van der Waals surface area contributed by atoms with E-state index in [1.54, 1.807) is 4.90 Å². The molecular formula is C12H23N3O. The van der Waals surface area contributed by atoms with Gasteiger partial charge in [-0.1, -0.05) is 27.7 Å². The zero-order valence-corrected chi connectivity index (χ0v) is 10.8. The summed E-state index contributed by atoms with van der Waals surface area (Å²) in [5, 5.41) is 11.6. The molecule has 1 N–H and O–H groups in total. The second-order valence-electron chi connectivity index (χ2n) is 4.68. The molecule has 0 aromatic carbocycles. The molecule has 0 aliphatic heterocycles. The van der Waals surface area contributed by atoms with Gasteiger partial charge >= 0.3 is 0 Å². The van der Waals surface area contributed by atoms with E-state index >= 15 is 0 Å². The van der Waals surface area contributed by atoms with Gasteiger partial charge in [-0.05, 0) is 5.92 Å². The quantitative estimate of drug-likeness (QED) is 0.712. The molecule has 0 unspecified atom stereocenters. The molecule has 0 saturated heterocycles. The first-order valence-corrected chi connectivity index (χ1v) is 5.85. The first-order chi connectivity index (χ1) is 7.47. The summed E-state index contributed by atoms with van der Waals surface area (Å²) in [4.78, 5) is 13.6. The van der Waals surface area contributed by atoms with Gasteiger partial charge in [0.15, 0.2) is 0 Å². The van der Waals surface area contributed by atoms with Gasteiger partial charge in [-0.3, -0.25) is 4.79 Å². The second kappa shape index (κ2) is 8.12.